The van der Waals surface area contributed by atoms with Gasteiger partial charge in [0, 0.05) is 13.5 Å². The van der Waals surface area contributed by atoms with Crippen molar-refractivity contribution in [1.29, 1.82) is 5.26 Å². The van der Waals surface area contributed by atoms with Crippen molar-refractivity contribution in [2.45, 2.75) is 19.5 Å². The van der Waals surface area contributed by atoms with Crippen LogP contribution in [0.25, 0.3) is 6.08 Å². The predicted molar refractivity (Wildman–Crippen MR) is 87.5 cm³/mol. The third kappa shape index (κ3) is 4.32. The van der Waals surface area contributed by atoms with Crippen LogP contribution in [0.15, 0.2) is 66.7 Å². The Morgan fingerprint density at radius 2 is 1.73 bits per heavy atom. The molecule has 0 aromatic heterocycles. The summed E-state index contributed by atoms with van der Waals surface area (Å²) >= 11 is 0. The molecule has 0 radical (unpaired) electrons. The molecule has 0 fully saturated rings. The van der Waals surface area contributed by atoms with E-state index in [-0.39, 0.29) is 5.91 Å². The number of nitrogens with zero attached hydrogens (tertiary/aromatic N) is 2. The molecule has 0 heterocycles. The lowest BCUT2D eigenvalue weighted by Gasteiger charge is -2.24. The Kier molecular flexibility index (Phi) is 5.50. The first kappa shape index (κ1) is 15.5. The topological polar surface area (TPSA) is 44.1 Å². The molecule has 0 bridgehead atoms. The summed E-state index contributed by atoms with van der Waals surface area (Å²) in [4.78, 5) is 13.5. The van der Waals surface area contributed by atoms with E-state index >= 15 is 0 Å². The molecule has 110 valence electrons. The molecule has 22 heavy (non-hydrogen) atoms. The van der Waals surface area contributed by atoms with Gasteiger partial charge in [-0.3, -0.25) is 4.79 Å². The van der Waals surface area contributed by atoms with Crippen LogP contribution >= 0.6 is 0 Å². The van der Waals surface area contributed by atoms with E-state index in [1.807, 2.05) is 66.7 Å². The minimum atomic E-state index is -0.585. The van der Waals surface area contributed by atoms with Crippen LogP contribution in [0.3, 0.4) is 0 Å². The molecule has 2 aromatic rings. The summed E-state index contributed by atoms with van der Waals surface area (Å²) in [5.74, 6) is -0.117. The lowest BCUT2D eigenvalue weighted by atomic mass is 10.1. The Bertz CT molecular complexity index is 672. The van der Waals surface area contributed by atoms with Crippen LogP contribution < -0.4 is 0 Å². The van der Waals surface area contributed by atoms with Gasteiger partial charge >= 0.3 is 0 Å². The first-order valence-electron chi connectivity index (χ1n) is 7.14. The van der Waals surface area contributed by atoms with Gasteiger partial charge in [-0.05, 0) is 17.2 Å². The number of hydrogen-bond acceptors (Lipinski definition) is 2. The minimum Gasteiger partial charge on any atom is -0.319 e. The fraction of sp³-hybridized carbons (Fsp3) is 0.158. The summed E-state index contributed by atoms with van der Waals surface area (Å²) in [6.45, 7) is 1.91. The summed E-state index contributed by atoms with van der Waals surface area (Å²) in [7, 11) is 0. The zero-order chi connectivity index (χ0) is 15.8. The molecule has 0 saturated carbocycles. The van der Waals surface area contributed by atoms with Gasteiger partial charge in [0.15, 0.2) is 0 Å². The lowest BCUT2D eigenvalue weighted by Crippen LogP contribution is -2.36. The van der Waals surface area contributed by atoms with Crippen LogP contribution in [-0.2, 0) is 11.3 Å². The zero-order valence-corrected chi connectivity index (χ0v) is 12.5. The molecule has 1 atom stereocenters. The monoisotopic (exact) mass is 290 g/mol. The number of benzene rings is 2. The average molecular weight is 290 g/mol. The van der Waals surface area contributed by atoms with Gasteiger partial charge in [-0.1, -0.05) is 66.7 Å². The number of rotatable bonds is 5. The van der Waals surface area contributed by atoms with E-state index in [9.17, 15) is 10.1 Å². The first-order valence-corrected chi connectivity index (χ1v) is 7.14. The molecule has 3 heteroatoms. The highest BCUT2D eigenvalue weighted by Crippen LogP contribution is 2.11. The molecular formula is C19H18N2O. The molecule has 0 spiro atoms. The largest absolute Gasteiger partial charge is 0.319 e. The van der Waals surface area contributed by atoms with Crippen molar-refractivity contribution in [1.82, 2.24) is 4.90 Å². The van der Waals surface area contributed by atoms with Crippen molar-refractivity contribution in [3.8, 4) is 6.07 Å². The average Bonchev–Trinajstić information content (AvgIpc) is 2.56. The van der Waals surface area contributed by atoms with Crippen LogP contribution in [0, 0.1) is 11.3 Å². The van der Waals surface area contributed by atoms with Crippen molar-refractivity contribution >= 4 is 12.0 Å². The van der Waals surface area contributed by atoms with Crippen LogP contribution in [0.1, 0.15) is 18.1 Å². The van der Waals surface area contributed by atoms with E-state index in [0.717, 1.165) is 11.1 Å². The Morgan fingerprint density at radius 1 is 1.14 bits per heavy atom. The lowest BCUT2D eigenvalue weighted by molar-refractivity contribution is -0.130. The number of nitriles is 1. The molecule has 1 amide bonds. The maximum atomic E-state index is 11.9. The highest BCUT2D eigenvalue weighted by molar-refractivity contribution is 5.74. The minimum absolute atomic E-state index is 0.117. The first-order chi connectivity index (χ1) is 10.7. The Morgan fingerprint density at radius 3 is 2.27 bits per heavy atom. The maximum absolute atomic E-state index is 11.9. The molecule has 3 nitrogen and oxygen atoms in total. The quantitative estimate of drug-likeness (QED) is 0.843. The van der Waals surface area contributed by atoms with E-state index < -0.39 is 6.04 Å². The molecular weight excluding hydrogens is 272 g/mol. The van der Waals surface area contributed by atoms with Crippen LogP contribution in [0.4, 0.5) is 0 Å². The Balaban J connectivity index is 2.16. The summed E-state index contributed by atoms with van der Waals surface area (Å²) < 4.78 is 0. The fourth-order valence-electron chi connectivity index (χ4n) is 2.17. The third-order valence-electron chi connectivity index (χ3n) is 3.34. The molecule has 0 aliphatic carbocycles. The molecule has 2 rings (SSSR count). The van der Waals surface area contributed by atoms with Gasteiger partial charge in [0.2, 0.25) is 5.91 Å². The number of carbonyl (C=O) groups excluding carboxylic acids is 1. The van der Waals surface area contributed by atoms with E-state index in [1.165, 1.54) is 6.92 Å². The maximum Gasteiger partial charge on any atom is 0.221 e. The van der Waals surface area contributed by atoms with Crippen LogP contribution in [0.5, 0.6) is 0 Å². The van der Waals surface area contributed by atoms with Gasteiger partial charge in [-0.15, -0.1) is 0 Å². The number of amides is 1. The van der Waals surface area contributed by atoms with Gasteiger partial charge in [-0.25, -0.2) is 0 Å². The normalized spacial score (nSPS) is 11.8. The zero-order valence-electron chi connectivity index (χ0n) is 12.5. The van der Waals surface area contributed by atoms with Crippen molar-refractivity contribution in [2.24, 2.45) is 0 Å². The number of carbonyl (C=O) groups is 1. The smallest absolute Gasteiger partial charge is 0.221 e. The van der Waals surface area contributed by atoms with Crippen LogP contribution in [-0.4, -0.2) is 16.8 Å². The summed E-state index contributed by atoms with van der Waals surface area (Å²) in [6, 6.07) is 21.0. The van der Waals surface area contributed by atoms with Gasteiger partial charge in [0.05, 0.1) is 6.07 Å². The molecule has 2 aromatic carbocycles. The van der Waals surface area contributed by atoms with Gasteiger partial charge in [-0.2, -0.15) is 5.26 Å². The third-order valence-corrected chi connectivity index (χ3v) is 3.34. The van der Waals surface area contributed by atoms with Crippen molar-refractivity contribution in [2.75, 3.05) is 0 Å². The summed E-state index contributed by atoms with van der Waals surface area (Å²) in [5, 5.41) is 9.41. The number of hydrogen-bond donors (Lipinski definition) is 0. The Hall–Kier alpha value is -2.86. The SMILES string of the molecule is CC(=O)N(Cc1ccccc1)[C@H](C#N)/C=C/c1ccccc1. The highest BCUT2D eigenvalue weighted by atomic mass is 16.2. The van der Waals surface area contributed by atoms with Gasteiger partial charge in [0.1, 0.15) is 6.04 Å². The van der Waals surface area contributed by atoms with Crippen molar-refractivity contribution < 1.29 is 4.79 Å². The second-order valence-corrected chi connectivity index (χ2v) is 4.98. The summed E-state index contributed by atoms with van der Waals surface area (Å²) in [5.41, 5.74) is 2.01. The molecule has 0 saturated heterocycles. The summed E-state index contributed by atoms with van der Waals surface area (Å²) in [6.07, 6.45) is 3.63. The van der Waals surface area contributed by atoms with E-state index in [0.29, 0.717) is 6.54 Å². The van der Waals surface area contributed by atoms with Crippen molar-refractivity contribution in [3.05, 3.63) is 77.9 Å². The second-order valence-electron chi connectivity index (χ2n) is 4.98. The fourth-order valence-corrected chi connectivity index (χ4v) is 2.17. The Labute approximate surface area is 131 Å². The molecule has 0 aliphatic heterocycles. The predicted octanol–water partition coefficient (Wildman–Crippen LogP) is 3.64. The van der Waals surface area contributed by atoms with Gasteiger partial charge in [0.25, 0.3) is 0 Å². The highest BCUT2D eigenvalue weighted by Gasteiger charge is 2.18. The van der Waals surface area contributed by atoms with Gasteiger partial charge < -0.3 is 4.90 Å². The molecule has 0 N–H and O–H groups in total. The standard InChI is InChI=1S/C19H18N2O/c1-16(22)21(15-18-10-6-3-7-11-18)19(14-20)13-12-17-8-4-2-5-9-17/h2-13,19H,15H2,1H3/b13-12+/t19-/m0/s1. The van der Waals surface area contributed by atoms with Crippen molar-refractivity contribution in [3.63, 3.8) is 0 Å². The molecule has 0 unspecified atom stereocenters. The van der Waals surface area contributed by atoms with Crippen LogP contribution in [0.2, 0.25) is 0 Å². The molecule has 0 aliphatic rings. The second kappa shape index (κ2) is 7.80. The van der Waals surface area contributed by atoms with E-state index in [2.05, 4.69) is 6.07 Å². The van der Waals surface area contributed by atoms with E-state index in [4.69, 9.17) is 0 Å². The van der Waals surface area contributed by atoms with E-state index in [1.54, 1.807) is 11.0 Å².